The van der Waals surface area contributed by atoms with Gasteiger partial charge in [-0.2, -0.15) is 0 Å². The Balaban J connectivity index is 1.74. The molecule has 0 radical (unpaired) electrons. The zero-order valence-corrected chi connectivity index (χ0v) is 37.8. The number of esters is 1. The van der Waals surface area contributed by atoms with Gasteiger partial charge < -0.3 is 19.9 Å². The van der Waals surface area contributed by atoms with Crippen LogP contribution in [0.25, 0.3) is 0 Å². The first-order chi connectivity index (χ1) is 27.9. The summed E-state index contributed by atoms with van der Waals surface area (Å²) >= 11 is 1.45. The molecule has 1 aromatic heterocycles. The molecule has 8 heteroatoms. The molecule has 0 spiro atoms. The van der Waals surface area contributed by atoms with E-state index in [0.717, 1.165) is 74.8 Å². The molecule has 1 aromatic rings. The maximum absolute atomic E-state index is 13.4. The molecule has 7 nitrogen and oxygen atoms in total. The van der Waals surface area contributed by atoms with Crippen LogP contribution >= 0.6 is 11.3 Å². The molecule has 2 rings (SSSR count). The maximum atomic E-state index is 13.4. The number of hydrogen-bond acceptors (Lipinski definition) is 6. The molecule has 0 atom stereocenters. The molecular weight excluding hydrogens is 727 g/mol. The fourth-order valence-electron chi connectivity index (χ4n) is 7.33. The largest absolute Gasteiger partial charge is 0.462 e. The molecule has 2 amide bonds. The van der Waals surface area contributed by atoms with Crippen molar-refractivity contribution in [3.05, 3.63) is 52.5 Å². The summed E-state index contributed by atoms with van der Waals surface area (Å²) in [5.74, 6) is -0.240. The van der Waals surface area contributed by atoms with Gasteiger partial charge in [0, 0.05) is 30.8 Å². The zero-order valence-electron chi connectivity index (χ0n) is 37.0. The van der Waals surface area contributed by atoms with Crippen LogP contribution in [0.4, 0.5) is 5.00 Å². The third-order valence-electron chi connectivity index (χ3n) is 10.9. The van der Waals surface area contributed by atoms with Crippen LogP contribution < -0.4 is 5.32 Å². The van der Waals surface area contributed by atoms with E-state index in [1.165, 1.54) is 114 Å². The van der Waals surface area contributed by atoms with Crippen LogP contribution in [0, 0.1) is 0 Å². The summed E-state index contributed by atoms with van der Waals surface area (Å²) in [5.41, 5.74) is 1.44. The van der Waals surface area contributed by atoms with Crippen molar-refractivity contribution in [3.63, 3.8) is 0 Å². The summed E-state index contributed by atoms with van der Waals surface area (Å²) < 4.78 is 5.72. The van der Waals surface area contributed by atoms with E-state index >= 15 is 0 Å². The van der Waals surface area contributed by atoms with Crippen LogP contribution in [0.5, 0.6) is 0 Å². The number of rotatable bonds is 35. The summed E-state index contributed by atoms with van der Waals surface area (Å²) in [6.45, 7) is 6.76. The number of unbranched alkanes of at least 4 members (excludes halogenated alkanes) is 19. The van der Waals surface area contributed by atoms with E-state index < -0.39 is 0 Å². The number of nitrogens with one attached hydrogen (secondary N) is 1. The van der Waals surface area contributed by atoms with Gasteiger partial charge in [0.2, 0.25) is 11.8 Å². The smallest absolute Gasteiger partial charge is 0.341 e. The molecule has 324 valence electrons. The SMILES string of the molecule is CCCCC/C=C\C/C=C\CCCCCCCC(=O)Nc1sc2c(c1C(=O)OCCCN(C)C)CCN(C(=O)CCCCCCC/C=C\CCCCCCCC)C2. The van der Waals surface area contributed by atoms with Gasteiger partial charge in [0.1, 0.15) is 5.00 Å². The van der Waals surface area contributed by atoms with E-state index in [0.29, 0.717) is 49.5 Å². The minimum Gasteiger partial charge on any atom is -0.462 e. The van der Waals surface area contributed by atoms with Gasteiger partial charge in [0.25, 0.3) is 0 Å². The highest BCUT2D eigenvalue weighted by molar-refractivity contribution is 7.17. The van der Waals surface area contributed by atoms with Gasteiger partial charge in [-0.1, -0.05) is 134 Å². The highest BCUT2D eigenvalue weighted by Gasteiger charge is 2.31. The van der Waals surface area contributed by atoms with E-state index in [1.807, 2.05) is 19.0 Å². The molecule has 0 saturated carbocycles. The Hall–Kier alpha value is -2.71. The Morgan fingerprint density at radius 2 is 1.18 bits per heavy atom. The number of amides is 2. The van der Waals surface area contributed by atoms with Crippen LogP contribution in [0.15, 0.2) is 36.5 Å². The highest BCUT2D eigenvalue weighted by Crippen LogP contribution is 2.38. The van der Waals surface area contributed by atoms with E-state index in [4.69, 9.17) is 4.74 Å². The Morgan fingerprint density at radius 3 is 1.77 bits per heavy atom. The molecular formula is C49H83N3O4S. The minimum atomic E-state index is -0.369. The van der Waals surface area contributed by atoms with Gasteiger partial charge in [-0.3, -0.25) is 9.59 Å². The average Bonchev–Trinajstić information content (AvgIpc) is 3.56. The Morgan fingerprint density at radius 1 is 0.667 bits per heavy atom. The van der Waals surface area contributed by atoms with Crippen molar-refractivity contribution in [2.75, 3.05) is 39.1 Å². The number of ether oxygens (including phenoxy) is 1. The van der Waals surface area contributed by atoms with Gasteiger partial charge in [-0.15, -0.1) is 11.3 Å². The lowest BCUT2D eigenvalue weighted by atomic mass is 10.0. The number of anilines is 1. The first-order valence-corrected chi connectivity index (χ1v) is 24.2. The normalized spacial score (nSPS) is 13.1. The summed E-state index contributed by atoms with van der Waals surface area (Å²) in [6.07, 6.45) is 44.9. The molecule has 0 bridgehead atoms. The third kappa shape index (κ3) is 24.7. The zero-order chi connectivity index (χ0) is 41.2. The number of carbonyl (C=O) groups excluding carboxylic acids is 3. The Bertz CT molecular complexity index is 1300. The van der Waals surface area contributed by atoms with Crippen molar-refractivity contribution >= 4 is 34.1 Å². The number of allylic oxidation sites excluding steroid dienone is 6. The molecule has 0 fully saturated rings. The number of nitrogens with zero attached hydrogens (tertiary/aromatic N) is 2. The molecule has 1 aliphatic heterocycles. The second kappa shape index (κ2) is 34.2. The third-order valence-corrected chi connectivity index (χ3v) is 12.0. The highest BCUT2D eigenvalue weighted by atomic mass is 32.1. The van der Waals surface area contributed by atoms with E-state index in [9.17, 15) is 14.4 Å². The molecule has 0 aromatic carbocycles. The van der Waals surface area contributed by atoms with Gasteiger partial charge in [-0.25, -0.2) is 4.79 Å². The number of hydrogen-bond donors (Lipinski definition) is 1. The molecule has 1 aliphatic rings. The summed E-state index contributed by atoms with van der Waals surface area (Å²) in [5, 5.41) is 3.66. The van der Waals surface area contributed by atoms with Crippen molar-refractivity contribution in [2.24, 2.45) is 0 Å². The monoisotopic (exact) mass is 810 g/mol. The van der Waals surface area contributed by atoms with E-state index in [1.54, 1.807) is 0 Å². The lowest BCUT2D eigenvalue weighted by Crippen LogP contribution is -2.35. The first kappa shape index (κ1) is 50.4. The predicted molar refractivity (Wildman–Crippen MR) is 244 cm³/mol. The van der Waals surface area contributed by atoms with Crippen molar-refractivity contribution in [1.29, 1.82) is 0 Å². The van der Waals surface area contributed by atoms with Crippen LogP contribution in [0.2, 0.25) is 0 Å². The predicted octanol–water partition coefficient (Wildman–Crippen LogP) is 13.5. The van der Waals surface area contributed by atoms with Gasteiger partial charge >= 0.3 is 5.97 Å². The molecule has 57 heavy (non-hydrogen) atoms. The molecule has 0 aliphatic carbocycles. The second-order valence-electron chi connectivity index (χ2n) is 16.4. The van der Waals surface area contributed by atoms with Crippen molar-refractivity contribution in [2.45, 2.75) is 200 Å². The topological polar surface area (TPSA) is 79.0 Å². The van der Waals surface area contributed by atoms with E-state index in [-0.39, 0.29) is 17.8 Å². The maximum Gasteiger partial charge on any atom is 0.341 e. The van der Waals surface area contributed by atoms with Gasteiger partial charge in [0.15, 0.2) is 0 Å². The van der Waals surface area contributed by atoms with Crippen molar-refractivity contribution < 1.29 is 19.1 Å². The van der Waals surface area contributed by atoms with Crippen LogP contribution in [-0.2, 0) is 27.3 Å². The summed E-state index contributed by atoms with van der Waals surface area (Å²) in [4.78, 5) is 44.8. The van der Waals surface area contributed by atoms with Crippen LogP contribution in [0.1, 0.15) is 208 Å². The number of thiophene rings is 1. The average molecular weight is 810 g/mol. The number of carbonyl (C=O) groups is 3. The lowest BCUT2D eigenvalue weighted by Gasteiger charge is -2.27. The van der Waals surface area contributed by atoms with E-state index in [2.05, 4.69) is 60.5 Å². The molecule has 0 unspecified atom stereocenters. The van der Waals surface area contributed by atoms with Crippen LogP contribution in [0.3, 0.4) is 0 Å². The molecule has 1 N–H and O–H groups in total. The second-order valence-corrected chi connectivity index (χ2v) is 17.5. The van der Waals surface area contributed by atoms with Crippen molar-refractivity contribution in [3.8, 4) is 0 Å². The van der Waals surface area contributed by atoms with Gasteiger partial charge in [-0.05, 0) is 103 Å². The Kier molecular flexibility index (Phi) is 30.2. The molecule has 0 saturated heterocycles. The standard InChI is InChI=1S/C49H83N3O4S/c1-5-7-9-11-13-15-17-19-21-23-25-27-29-31-33-36-45(53)50-48-47(49(55)56-41-35-39-51(3)4)43-38-40-52(42-44(43)57-48)46(54)37-34-32-30-28-26-24-22-20-18-16-14-12-10-8-6-2/h13,15,19-22H,5-12,14,16-18,23-42H2,1-4H3,(H,50,53)/b15-13-,21-19-,22-20-. The lowest BCUT2D eigenvalue weighted by molar-refractivity contribution is -0.132. The van der Waals surface area contributed by atoms with Gasteiger partial charge in [0.05, 0.1) is 18.7 Å². The minimum absolute atomic E-state index is 0.0574. The first-order valence-electron chi connectivity index (χ1n) is 23.4. The fraction of sp³-hybridized carbons (Fsp3) is 0.735. The Labute approximate surface area is 353 Å². The fourth-order valence-corrected chi connectivity index (χ4v) is 8.60. The quantitative estimate of drug-likeness (QED) is 0.0420. The summed E-state index contributed by atoms with van der Waals surface area (Å²) in [6, 6.07) is 0. The molecule has 2 heterocycles. The van der Waals surface area contributed by atoms with Crippen LogP contribution in [-0.4, -0.2) is 61.4 Å². The number of fused-ring (bicyclic) bond motifs is 1. The van der Waals surface area contributed by atoms with Crippen molar-refractivity contribution in [1.82, 2.24) is 9.80 Å². The summed E-state index contributed by atoms with van der Waals surface area (Å²) in [7, 11) is 4.01.